The molecule has 0 amide bonds. The molecule has 4 rings (SSSR count). The van der Waals surface area contributed by atoms with Crippen molar-refractivity contribution in [1.82, 2.24) is 4.57 Å². The van der Waals surface area contributed by atoms with Crippen molar-refractivity contribution in [2.75, 3.05) is 0 Å². The Labute approximate surface area is 175 Å². The monoisotopic (exact) mass is 523 g/mol. The zero-order valence-corrected chi connectivity index (χ0v) is 18.9. The van der Waals surface area contributed by atoms with E-state index in [2.05, 4.69) is 79.4 Å². The van der Waals surface area contributed by atoms with E-state index in [1.54, 1.807) is 0 Å². The second-order valence-electron chi connectivity index (χ2n) is 5.33. The standard InChI is InChI=1S/C13H10N.C7H9.2ClH.Hf/c1-2-6-12-10-13(9-11(12)5-1)14-7-3-4-8-14;1-6-4-3-5-7(6)2;;;/h1-10H;4H,3H2,1-2H3;2*1H;/q2*-1;;;+4/p-2. The second kappa shape index (κ2) is 10.8. The van der Waals surface area contributed by atoms with E-state index < -0.39 is 0 Å². The molecule has 0 fully saturated rings. The third kappa shape index (κ3) is 5.54. The molecule has 0 bridgehead atoms. The Kier molecular flexibility index (Phi) is 10.4. The van der Waals surface area contributed by atoms with Crippen LogP contribution in [0.2, 0.25) is 0 Å². The summed E-state index contributed by atoms with van der Waals surface area (Å²) in [5.74, 6) is 0. The van der Waals surface area contributed by atoms with E-state index in [1.807, 2.05) is 12.1 Å². The van der Waals surface area contributed by atoms with Gasteiger partial charge < -0.3 is 29.4 Å². The average molecular weight is 523 g/mol. The van der Waals surface area contributed by atoms with Gasteiger partial charge in [0.2, 0.25) is 0 Å². The van der Waals surface area contributed by atoms with Gasteiger partial charge in [-0.05, 0) is 17.8 Å². The number of hydrogen-bond acceptors (Lipinski definition) is 0. The number of benzene rings is 1. The molecular weight excluding hydrogens is 504 g/mol. The molecule has 3 aromatic rings. The molecule has 1 heterocycles. The topological polar surface area (TPSA) is 4.93 Å². The van der Waals surface area contributed by atoms with Gasteiger partial charge in [0.15, 0.2) is 0 Å². The van der Waals surface area contributed by atoms with Gasteiger partial charge >= 0.3 is 25.8 Å². The first-order valence-electron chi connectivity index (χ1n) is 7.27. The summed E-state index contributed by atoms with van der Waals surface area (Å²) in [6.07, 6.45) is 10.5. The fraction of sp³-hybridized carbons (Fsp3) is 0.150. The number of hydrogen-bond donors (Lipinski definition) is 0. The van der Waals surface area contributed by atoms with Crippen molar-refractivity contribution >= 4 is 10.8 Å². The SMILES string of the molecule is CC1=[C-]CC=C1C.[Cl-].[Cl-].[Hf+4].c1ccc2[cH-]c(-n3cccc3)cc2c1. The molecule has 0 atom stereocenters. The van der Waals surface area contributed by atoms with E-state index in [0.29, 0.717) is 0 Å². The van der Waals surface area contributed by atoms with Crippen molar-refractivity contribution in [1.29, 1.82) is 0 Å². The number of allylic oxidation sites excluding steroid dienone is 4. The van der Waals surface area contributed by atoms with E-state index in [9.17, 15) is 0 Å². The van der Waals surface area contributed by atoms with Gasteiger partial charge in [-0.3, -0.25) is 6.08 Å². The molecule has 0 aliphatic heterocycles. The minimum absolute atomic E-state index is 0. The van der Waals surface area contributed by atoms with Crippen LogP contribution in [0, 0.1) is 6.08 Å². The molecule has 4 heteroatoms. The number of nitrogens with zero attached hydrogens (tertiary/aromatic N) is 1. The number of halogens is 2. The predicted octanol–water partition coefficient (Wildman–Crippen LogP) is -0.559. The van der Waals surface area contributed by atoms with Crippen LogP contribution in [-0.2, 0) is 25.8 Å². The first-order chi connectivity index (χ1) is 10.2. The first kappa shape index (κ1) is 23.0. The van der Waals surface area contributed by atoms with E-state index in [-0.39, 0.29) is 50.7 Å². The molecule has 0 unspecified atom stereocenters. The summed E-state index contributed by atoms with van der Waals surface area (Å²) in [5, 5.41) is 2.60. The van der Waals surface area contributed by atoms with Crippen LogP contribution in [0.3, 0.4) is 0 Å². The molecule has 0 radical (unpaired) electrons. The van der Waals surface area contributed by atoms with Crippen molar-refractivity contribution in [3.8, 4) is 5.69 Å². The Hall–Kier alpha value is -0.960. The summed E-state index contributed by atoms with van der Waals surface area (Å²) < 4.78 is 2.12. The third-order valence-corrected chi connectivity index (χ3v) is 3.87. The zero-order valence-electron chi connectivity index (χ0n) is 13.8. The molecule has 1 aromatic heterocycles. The minimum Gasteiger partial charge on any atom is -1.00 e. The Bertz CT molecular complexity index is 749. The minimum atomic E-state index is 0. The van der Waals surface area contributed by atoms with Crippen LogP contribution in [0.4, 0.5) is 0 Å². The van der Waals surface area contributed by atoms with Crippen LogP contribution in [-0.4, -0.2) is 4.57 Å². The smallest absolute Gasteiger partial charge is 1.00 e. The maximum Gasteiger partial charge on any atom is 4.00 e. The van der Waals surface area contributed by atoms with Gasteiger partial charge in [-0.15, -0.1) is 54.4 Å². The molecule has 1 nitrogen and oxygen atoms in total. The normalized spacial score (nSPS) is 11.9. The Morgan fingerprint density at radius 1 is 1.00 bits per heavy atom. The van der Waals surface area contributed by atoms with E-state index in [0.717, 1.165) is 6.42 Å². The number of aromatic nitrogens is 1. The molecule has 1 aliphatic rings. The number of rotatable bonds is 1. The summed E-state index contributed by atoms with van der Waals surface area (Å²) in [6.45, 7) is 4.22. The predicted molar refractivity (Wildman–Crippen MR) is 89.7 cm³/mol. The first-order valence-corrected chi connectivity index (χ1v) is 7.27. The fourth-order valence-corrected chi connectivity index (χ4v) is 2.44. The molecule has 1 aliphatic carbocycles. The van der Waals surface area contributed by atoms with Gasteiger partial charge in [0, 0.05) is 12.4 Å². The van der Waals surface area contributed by atoms with Gasteiger partial charge in [0.05, 0.1) is 0 Å². The van der Waals surface area contributed by atoms with Crippen LogP contribution in [0.5, 0.6) is 0 Å². The van der Waals surface area contributed by atoms with Crippen LogP contribution >= 0.6 is 0 Å². The largest absolute Gasteiger partial charge is 4.00 e. The van der Waals surface area contributed by atoms with Crippen molar-refractivity contribution in [3.05, 3.63) is 84.2 Å². The van der Waals surface area contributed by atoms with Crippen molar-refractivity contribution in [2.24, 2.45) is 0 Å². The van der Waals surface area contributed by atoms with E-state index in [1.165, 1.54) is 27.6 Å². The molecule has 24 heavy (non-hydrogen) atoms. The quantitative estimate of drug-likeness (QED) is 0.298. The summed E-state index contributed by atoms with van der Waals surface area (Å²) in [7, 11) is 0. The summed E-state index contributed by atoms with van der Waals surface area (Å²) in [5.41, 5.74) is 3.94. The van der Waals surface area contributed by atoms with Crippen molar-refractivity contribution in [3.63, 3.8) is 0 Å². The summed E-state index contributed by atoms with van der Waals surface area (Å²) in [6, 6.07) is 16.9. The van der Waals surface area contributed by atoms with Crippen molar-refractivity contribution in [2.45, 2.75) is 20.3 Å². The average Bonchev–Trinajstić information content (AvgIpc) is 3.21. The van der Waals surface area contributed by atoms with E-state index in [4.69, 9.17) is 0 Å². The molecule has 122 valence electrons. The summed E-state index contributed by atoms with van der Waals surface area (Å²) >= 11 is 0. The van der Waals surface area contributed by atoms with Crippen LogP contribution in [0.1, 0.15) is 20.3 Å². The Morgan fingerprint density at radius 3 is 2.17 bits per heavy atom. The molecule has 0 N–H and O–H groups in total. The third-order valence-electron chi connectivity index (χ3n) is 3.87. The molecular formula is C20H19Cl2HfN. The van der Waals surface area contributed by atoms with Crippen LogP contribution in [0.15, 0.2) is 78.1 Å². The zero-order chi connectivity index (χ0) is 14.7. The van der Waals surface area contributed by atoms with Crippen LogP contribution < -0.4 is 24.8 Å². The van der Waals surface area contributed by atoms with Gasteiger partial charge in [-0.2, -0.15) is 6.08 Å². The van der Waals surface area contributed by atoms with Gasteiger partial charge in [-0.1, -0.05) is 13.0 Å². The van der Waals surface area contributed by atoms with E-state index >= 15 is 0 Å². The van der Waals surface area contributed by atoms with Gasteiger partial charge in [-0.25, -0.2) is 11.1 Å². The maximum atomic E-state index is 3.19. The van der Waals surface area contributed by atoms with Crippen molar-refractivity contribution < 1.29 is 50.7 Å². The Morgan fingerprint density at radius 2 is 1.67 bits per heavy atom. The molecule has 0 spiro atoms. The molecule has 2 aromatic carbocycles. The van der Waals surface area contributed by atoms with Crippen LogP contribution in [0.25, 0.3) is 16.5 Å². The fourth-order valence-electron chi connectivity index (χ4n) is 2.44. The number of fused-ring (bicyclic) bond motifs is 1. The maximum absolute atomic E-state index is 3.19. The molecule has 0 saturated carbocycles. The van der Waals surface area contributed by atoms with Gasteiger partial charge in [0.1, 0.15) is 0 Å². The molecule has 0 saturated heterocycles. The summed E-state index contributed by atoms with van der Waals surface area (Å²) in [4.78, 5) is 0. The second-order valence-corrected chi connectivity index (χ2v) is 5.33. The van der Waals surface area contributed by atoms with Gasteiger partial charge in [0.25, 0.3) is 0 Å². The Balaban J connectivity index is 0.000000463.